The average molecular weight is 359 g/mol. The Morgan fingerprint density at radius 2 is 1.94 bits per heavy atom. The highest BCUT2D eigenvalue weighted by Crippen LogP contribution is 2.29. The van der Waals surface area contributed by atoms with Gasteiger partial charge in [-0.05, 0) is 69.0 Å². The monoisotopic (exact) mass is 357 g/mol. The van der Waals surface area contributed by atoms with Crippen LogP contribution in [0.5, 0.6) is 0 Å². The van der Waals surface area contributed by atoms with Crippen LogP contribution in [0.4, 0.5) is 5.69 Å². The fraction of sp³-hybridized carbons (Fsp3) is 0.231. The van der Waals surface area contributed by atoms with E-state index in [4.69, 9.17) is 4.42 Å². The molecule has 2 aromatic rings. The minimum atomic E-state index is 0.663. The average Bonchev–Trinajstić information content (AvgIpc) is 2.62. The van der Waals surface area contributed by atoms with Crippen LogP contribution in [0.2, 0.25) is 0 Å². The molecule has 4 heteroatoms. The summed E-state index contributed by atoms with van der Waals surface area (Å²) in [7, 11) is 0. The predicted molar refractivity (Wildman–Crippen MR) is 77.4 cm³/mol. The van der Waals surface area contributed by atoms with Crippen molar-refractivity contribution in [3.63, 3.8) is 0 Å². The lowest BCUT2D eigenvalue weighted by atomic mass is 10.1. The summed E-state index contributed by atoms with van der Waals surface area (Å²) in [6, 6.07) is 6.16. The molecule has 0 atom stereocenters. The Morgan fingerprint density at radius 1 is 1.18 bits per heavy atom. The van der Waals surface area contributed by atoms with Crippen molar-refractivity contribution < 1.29 is 4.42 Å². The summed E-state index contributed by atoms with van der Waals surface area (Å²) in [6.45, 7) is 4.85. The maximum Gasteiger partial charge on any atom is 0.136 e. The molecule has 1 N–H and O–H groups in total. The van der Waals surface area contributed by atoms with Crippen LogP contribution in [-0.4, -0.2) is 0 Å². The second-order valence-electron chi connectivity index (χ2n) is 3.98. The summed E-state index contributed by atoms with van der Waals surface area (Å²) < 4.78 is 7.44. The molecule has 0 saturated heterocycles. The molecular formula is C13H13Br2NO. The van der Waals surface area contributed by atoms with Gasteiger partial charge in [0, 0.05) is 4.47 Å². The summed E-state index contributed by atoms with van der Waals surface area (Å²) in [5.74, 6) is 0.900. The summed E-state index contributed by atoms with van der Waals surface area (Å²) in [5.41, 5.74) is 3.58. The molecule has 1 aromatic heterocycles. The van der Waals surface area contributed by atoms with Crippen LogP contribution in [0, 0.1) is 13.8 Å². The lowest BCUT2D eigenvalue weighted by Gasteiger charge is -2.12. The summed E-state index contributed by atoms with van der Waals surface area (Å²) in [6.07, 6.45) is 1.68. The Labute approximate surface area is 118 Å². The van der Waals surface area contributed by atoms with Crippen LogP contribution >= 0.6 is 31.9 Å². The molecule has 0 saturated carbocycles. The Balaban J connectivity index is 2.17. The molecular weight excluding hydrogens is 346 g/mol. The number of benzene rings is 1. The number of rotatable bonds is 3. The van der Waals surface area contributed by atoms with Gasteiger partial charge >= 0.3 is 0 Å². The molecule has 2 nitrogen and oxygen atoms in total. The highest BCUT2D eigenvalue weighted by molar-refractivity contribution is 9.10. The number of hydrogen-bond acceptors (Lipinski definition) is 2. The lowest BCUT2D eigenvalue weighted by Crippen LogP contribution is -2.01. The number of halogens is 2. The first-order chi connectivity index (χ1) is 8.08. The van der Waals surface area contributed by atoms with Crippen LogP contribution in [0.25, 0.3) is 0 Å². The molecule has 0 aliphatic rings. The molecule has 0 spiro atoms. The van der Waals surface area contributed by atoms with E-state index in [0.717, 1.165) is 20.4 Å². The lowest BCUT2D eigenvalue weighted by molar-refractivity contribution is 0.516. The highest BCUT2D eigenvalue weighted by atomic mass is 79.9. The van der Waals surface area contributed by atoms with Gasteiger partial charge in [0.1, 0.15) is 5.76 Å². The number of nitrogens with one attached hydrogen (secondary N) is 1. The van der Waals surface area contributed by atoms with Crippen molar-refractivity contribution in [2.75, 3.05) is 5.32 Å². The van der Waals surface area contributed by atoms with Crippen LogP contribution < -0.4 is 5.32 Å². The van der Waals surface area contributed by atoms with Crippen LogP contribution in [0.1, 0.15) is 16.9 Å². The van der Waals surface area contributed by atoms with Crippen LogP contribution in [0.3, 0.4) is 0 Å². The summed E-state index contributed by atoms with van der Waals surface area (Å²) >= 11 is 7.02. The molecule has 0 fully saturated rings. The molecule has 0 bridgehead atoms. The third-order valence-corrected chi connectivity index (χ3v) is 3.88. The smallest absolute Gasteiger partial charge is 0.136 e. The third kappa shape index (κ3) is 2.93. The number of hydrogen-bond donors (Lipinski definition) is 1. The first kappa shape index (κ1) is 12.7. The Bertz CT molecular complexity index is 511. The van der Waals surface area contributed by atoms with E-state index < -0.39 is 0 Å². The van der Waals surface area contributed by atoms with Crippen molar-refractivity contribution in [1.29, 1.82) is 0 Å². The standard InChI is InChI=1S/C13H13Br2NO/c1-8-5-9(2)13(11(15)6-8)16-7-12-10(14)3-4-17-12/h3-6,16H,7H2,1-2H3. The van der Waals surface area contributed by atoms with Crippen molar-refractivity contribution >= 4 is 37.5 Å². The molecule has 17 heavy (non-hydrogen) atoms. The first-order valence-electron chi connectivity index (χ1n) is 5.30. The van der Waals surface area contributed by atoms with E-state index in [1.54, 1.807) is 6.26 Å². The highest BCUT2D eigenvalue weighted by Gasteiger charge is 2.07. The van der Waals surface area contributed by atoms with E-state index in [2.05, 4.69) is 63.2 Å². The maximum absolute atomic E-state index is 5.36. The molecule has 0 unspecified atom stereocenters. The van der Waals surface area contributed by atoms with Gasteiger partial charge in [-0.15, -0.1) is 0 Å². The largest absolute Gasteiger partial charge is 0.466 e. The summed E-state index contributed by atoms with van der Waals surface area (Å²) in [4.78, 5) is 0. The second-order valence-corrected chi connectivity index (χ2v) is 5.69. The maximum atomic E-state index is 5.36. The van der Waals surface area contributed by atoms with E-state index in [0.29, 0.717) is 6.54 Å². The van der Waals surface area contributed by atoms with Gasteiger partial charge in [-0.1, -0.05) is 6.07 Å². The van der Waals surface area contributed by atoms with Gasteiger partial charge in [-0.25, -0.2) is 0 Å². The second kappa shape index (κ2) is 5.27. The van der Waals surface area contributed by atoms with Gasteiger partial charge in [-0.3, -0.25) is 0 Å². The number of furan rings is 1. The van der Waals surface area contributed by atoms with E-state index >= 15 is 0 Å². The van der Waals surface area contributed by atoms with Crippen LogP contribution in [0.15, 0.2) is 37.8 Å². The fourth-order valence-corrected chi connectivity index (χ4v) is 2.92. The van der Waals surface area contributed by atoms with Crippen molar-refractivity contribution in [2.24, 2.45) is 0 Å². The first-order valence-corrected chi connectivity index (χ1v) is 6.89. The van der Waals surface area contributed by atoms with Crippen molar-refractivity contribution in [3.05, 3.63) is 50.3 Å². The number of aryl methyl sites for hydroxylation is 2. The molecule has 1 aromatic carbocycles. The van der Waals surface area contributed by atoms with Gasteiger partial charge in [0.25, 0.3) is 0 Å². The Kier molecular flexibility index (Phi) is 3.94. The zero-order chi connectivity index (χ0) is 12.4. The van der Waals surface area contributed by atoms with E-state index in [1.807, 2.05) is 6.07 Å². The van der Waals surface area contributed by atoms with Gasteiger partial charge in [0.05, 0.1) is 23.0 Å². The quantitative estimate of drug-likeness (QED) is 0.831. The minimum Gasteiger partial charge on any atom is -0.466 e. The fourth-order valence-electron chi connectivity index (χ4n) is 1.76. The van der Waals surface area contributed by atoms with Gasteiger partial charge < -0.3 is 9.73 Å². The zero-order valence-electron chi connectivity index (χ0n) is 9.68. The molecule has 0 aliphatic carbocycles. The molecule has 0 radical (unpaired) electrons. The van der Waals surface area contributed by atoms with E-state index in [9.17, 15) is 0 Å². The van der Waals surface area contributed by atoms with E-state index in [-0.39, 0.29) is 0 Å². The molecule has 1 heterocycles. The van der Waals surface area contributed by atoms with Gasteiger partial charge in [0.2, 0.25) is 0 Å². The van der Waals surface area contributed by atoms with Crippen molar-refractivity contribution in [3.8, 4) is 0 Å². The molecule has 0 amide bonds. The normalized spacial score (nSPS) is 10.6. The number of anilines is 1. The summed E-state index contributed by atoms with van der Waals surface area (Å²) in [5, 5.41) is 3.38. The van der Waals surface area contributed by atoms with E-state index in [1.165, 1.54) is 11.1 Å². The SMILES string of the molecule is Cc1cc(C)c(NCc2occc2Br)c(Br)c1. The molecule has 2 rings (SSSR count). The van der Waals surface area contributed by atoms with Crippen molar-refractivity contribution in [1.82, 2.24) is 0 Å². The van der Waals surface area contributed by atoms with Crippen LogP contribution in [-0.2, 0) is 6.54 Å². The van der Waals surface area contributed by atoms with Crippen molar-refractivity contribution in [2.45, 2.75) is 20.4 Å². The molecule has 90 valence electrons. The van der Waals surface area contributed by atoms with Gasteiger partial charge in [-0.2, -0.15) is 0 Å². The Hall–Kier alpha value is -0.740. The zero-order valence-corrected chi connectivity index (χ0v) is 12.9. The minimum absolute atomic E-state index is 0.663. The molecule has 0 aliphatic heterocycles. The third-order valence-electron chi connectivity index (χ3n) is 2.55. The topological polar surface area (TPSA) is 25.2 Å². The van der Waals surface area contributed by atoms with Gasteiger partial charge in [0.15, 0.2) is 0 Å². The Morgan fingerprint density at radius 3 is 2.53 bits per heavy atom. The predicted octanol–water partition coefficient (Wildman–Crippen LogP) is 5.03.